The highest BCUT2D eigenvalue weighted by Gasteiger charge is 2.08. The first-order chi connectivity index (χ1) is 12.1. The van der Waals surface area contributed by atoms with Crippen molar-refractivity contribution in [2.24, 2.45) is 0 Å². The van der Waals surface area contributed by atoms with Gasteiger partial charge in [0.2, 0.25) is 5.88 Å². The van der Waals surface area contributed by atoms with Crippen LogP contribution in [0.5, 0.6) is 11.6 Å². The van der Waals surface area contributed by atoms with Crippen molar-refractivity contribution in [2.45, 2.75) is 38.1 Å². The molecule has 0 fully saturated rings. The molecule has 0 radical (unpaired) electrons. The van der Waals surface area contributed by atoms with Crippen molar-refractivity contribution in [1.82, 2.24) is 9.97 Å². The quantitative estimate of drug-likeness (QED) is 0.419. The molecule has 128 valence electrons. The van der Waals surface area contributed by atoms with E-state index in [9.17, 15) is 0 Å². The largest absolute Gasteiger partial charge is 0.439 e. The Bertz CT molecular complexity index is 864. The van der Waals surface area contributed by atoms with E-state index >= 15 is 0 Å². The minimum atomic E-state index is 0.605. The molecule has 0 aliphatic rings. The third-order valence-corrected chi connectivity index (χ3v) is 4.77. The van der Waals surface area contributed by atoms with E-state index in [0.717, 1.165) is 34.3 Å². The molecular formula is C21H22N2OS. The highest BCUT2D eigenvalue weighted by molar-refractivity contribution is 7.98. The Balaban J connectivity index is 1.79. The summed E-state index contributed by atoms with van der Waals surface area (Å²) < 4.78 is 6.00. The molecule has 0 spiro atoms. The maximum atomic E-state index is 6.00. The fourth-order valence-electron chi connectivity index (χ4n) is 2.48. The van der Waals surface area contributed by atoms with Crippen LogP contribution in [0.25, 0.3) is 0 Å². The second-order valence-corrected chi connectivity index (χ2v) is 6.92. The number of thioether (sulfide) groups is 1. The lowest BCUT2D eigenvalue weighted by Crippen LogP contribution is -1.98. The van der Waals surface area contributed by atoms with Crippen LogP contribution in [0, 0.1) is 13.8 Å². The summed E-state index contributed by atoms with van der Waals surface area (Å²) >= 11 is 1.64. The summed E-state index contributed by atoms with van der Waals surface area (Å²) in [6, 6.07) is 18.4. The van der Waals surface area contributed by atoms with Crippen molar-refractivity contribution in [1.29, 1.82) is 0 Å². The summed E-state index contributed by atoms with van der Waals surface area (Å²) in [5, 5.41) is 0.754. The summed E-state index contributed by atoms with van der Waals surface area (Å²) in [7, 11) is 0. The second kappa shape index (κ2) is 8.17. The molecule has 3 rings (SSSR count). The van der Waals surface area contributed by atoms with Gasteiger partial charge in [-0.05, 0) is 37.5 Å². The Morgan fingerprint density at radius 1 is 0.960 bits per heavy atom. The van der Waals surface area contributed by atoms with Crippen LogP contribution in [0.15, 0.2) is 59.8 Å². The summed E-state index contributed by atoms with van der Waals surface area (Å²) in [6.45, 7) is 6.23. The van der Waals surface area contributed by atoms with Gasteiger partial charge >= 0.3 is 0 Å². The Morgan fingerprint density at radius 2 is 1.80 bits per heavy atom. The molecule has 0 saturated carbocycles. The van der Waals surface area contributed by atoms with Crippen LogP contribution in [0.4, 0.5) is 0 Å². The Morgan fingerprint density at radius 3 is 2.56 bits per heavy atom. The molecule has 3 aromatic rings. The third kappa shape index (κ3) is 4.83. The number of ether oxygens (including phenoxy) is 1. The van der Waals surface area contributed by atoms with Crippen LogP contribution in [0.3, 0.4) is 0 Å². The number of para-hydroxylation sites is 1. The molecule has 0 aliphatic carbocycles. The number of hydrogen-bond donors (Lipinski definition) is 0. The molecule has 1 aromatic heterocycles. The zero-order chi connectivity index (χ0) is 17.6. The number of nitrogens with zero attached hydrogens (tertiary/aromatic N) is 2. The van der Waals surface area contributed by atoms with E-state index in [1.54, 1.807) is 11.8 Å². The number of aryl methyl sites for hydroxylation is 3. The average molecular weight is 350 g/mol. The van der Waals surface area contributed by atoms with E-state index in [1.807, 2.05) is 37.3 Å². The fraction of sp³-hybridized carbons (Fsp3) is 0.238. The van der Waals surface area contributed by atoms with Gasteiger partial charge in [0.15, 0.2) is 5.16 Å². The fourth-order valence-corrected chi connectivity index (χ4v) is 3.29. The van der Waals surface area contributed by atoms with Crippen LogP contribution in [-0.2, 0) is 12.2 Å². The van der Waals surface area contributed by atoms with E-state index in [2.05, 4.69) is 48.1 Å². The normalized spacial score (nSPS) is 10.7. The van der Waals surface area contributed by atoms with Gasteiger partial charge in [0.05, 0.1) is 0 Å². The van der Waals surface area contributed by atoms with E-state index in [0.29, 0.717) is 5.88 Å². The van der Waals surface area contributed by atoms with Gasteiger partial charge in [-0.15, -0.1) is 0 Å². The molecule has 0 atom stereocenters. The van der Waals surface area contributed by atoms with Gasteiger partial charge in [0, 0.05) is 17.5 Å². The van der Waals surface area contributed by atoms with Crippen molar-refractivity contribution < 1.29 is 4.74 Å². The maximum absolute atomic E-state index is 6.00. The molecule has 1 heterocycles. The van der Waals surface area contributed by atoms with Crippen LogP contribution in [0.1, 0.15) is 29.3 Å². The first-order valence-electron chi connectivity index (χ1n) is 8.44. The summed E-state index contributed by atoms with van der Waals surface area (Å²) in [4.78, 5) is 9.21. The lowest BCUT2D eigenvalue weighted by atomic mass is 10.2. The van der Waals surface area contributed by atoms with Gasteiger partial charge in [0.1, 0.15) is 5.75 Å². The Hall–Kier alpha value is -2.33. The van der Waals surface area contributed by atoms with Gasteiger partial charge in [-0.3, -0.25) is 0 Å². The topological polar surface area (TPSA) is 35.0 Å². The monoisotopic (exact) mass is 350 g/mol. The lowest BCUT2D eigenvalue weighted by Gasteiger charge is -2.10. The zero-order valence-corrected chi connectivity index (χ0v) is 15.6. The van der Waals surface area contributed by atoms with Gasteiger partial charge in [0.25, 0.3) is 0 Å². The van der Waals surface area contributed by atoms with Crippen molar-refractivity contribution in [3.8, 4) is 11.6 Å². The van der Waals surface area contributed by atoms with E-state index in [1.165, 1.54) is 11.1 Å². The molecule has 0 amide bonds. The predicted molar refractivity (Wildman–Crippen MR) is 103 cm³/mol. The lowest BCUT2D eigenvalue weighted by molar-refractivity contribution is 0.450. The van der Waals surface area contributed by atoms with E-state index < -0.39 is 0 Å². The minimum Gasteiger partial charge on any atom is -0.439 e. The summed E-state index contributed by atoms with van der Waals surface area (Å²) in [6.07, 6.45) is 0.852. The predicted octanol–water partition coefficient (Wildman–Crippen LogP) is 5.74. The molecule has 0 unspecified atom stereocenters. The first kappa shape index (κ1) is 17.5. The summed E-state index contributed by atoms with van der Waals surface area (Å²) in [5.74, 6) is 2.28. The number of benzene rings is 2. The van der Waals surface area contributed by atoms with Crippen molar-refractivity contribution in [3.63, 3.8) is 0 Å². The maximum Gasteiger partial charge on any atom is 0.223 e. The Labute approximate surface area is 153 Å². The van der Waals surface area contributed by atoms with Gasteiger partial charge in [-0.1, -0.05) is 66.7 Å². The molecular weight excluding hydrogens is 328 g/mol. The third-order valence-electron chi connectivity index (χ3n) is 3.86. The standard InChI is InChI=1S/C21H22N2OS/c1-4-18-13-20(24-19-11-6-5-9-16(19)3)23-21(22-18)25-14-17-10-7-8-15(2)12-17/h5-13H,4,14H2,1-3H3. The van der Waals surface area contributed by atoms with E-state index in [-0.39, 0.29) is 0 Å². The summed E-state index contributed by atoms with van der Waals surface area (Å²) in [5.41, 5.74) is 4.63. The van der Waals surface area contributed by atoms with Crippen LogP contribution in [0.2, 0.25) is 0 Å². The van der Waals surface area contributed by atoms with E-state index in [4.69, 9.17) is 4.74 Å². The van der Waals surface area contributed by atoms with Gasteiger partial charge in [-0.25, -0.2) is 4.98 Å². The van der Waals surface area contributed by atoms with Crippen LogP contribution < -0.4 is 4.74 Å². The van der Waals surface area contributed by atoms with Crippen LogP contribution in [-0.4, -0.2) is 9.97 Å². The molecule has 3 nitrogen and oxygen atoms in total. The number of rotatable bonds is 6. The molecule has 0 N–H and O–H groups in total. The highest BCUT2D eigenvalue weighted by Crippen LogP contribution is 2.27. The van der Waals surface area contributed by atoms with Crippen molar-refractivity contribution in [3.05, 3.63) is 77.0 Å². The molecule has 0 aliphatic heterocycles. The molecule has 0 bridgehead atoms. The number of hydrogen-bond acceptors (Lipinski definition) is 4. The smallest absolute Gasteiger partial charge is 0.223 e. The first-order valence-corrected chi connectivity index (χ1v) is 9.42. The van der Waals surface area contributed by atoms with Crippen LogP contribution >= 0.6 is 11.8 Å². The minimum absolute atomic E-state index is 0.605. The van der Waals surface area contributed by atoms with Crippen molar-refractivity contribution >= 4 is 11.8 Å². The van der Waals surface area contributed by atoms with Crippen molar-refractivity contribution in [2.75, 3.05) is 0 Å². The zero-order valence-electron chi connectivity index (χ0n) is 14.8. The SMILES string of the molecule is CCc1cc(Oc2ccccc2C)nc(SCc2cccc(C)c2)n1. The Kier molecular flexibility index (Phi) is 5.71. The molecule has 2 aromatic carbocycles. The highest BCUT2D eigenvalue weighted by atomic mass is 32.2. The molecule has 4 heteroatoms. The number of aromatic nitrogens is 2. The average Bonchev–Trinajstić information content (AvgIpc) is 2.62. The molecule has 25 heavy (non-hydrogen) atoms. The molecule has 0 saturated heterocycles. The second-order valence-electron chi connectivity index (χ2n) is 5.98. The van der Waals surface area contributed by atoms with Gasteiger partial charge in [-0.2, -0.15) is 4.98 Å². The van der Waals surface area contributed by atoms with Gasteiger partial charge < -0.3 is 4.74 Å².